The molecule has 1 saturated heterocycles. The van der Waals surface area contributed by atoms with E-state index in [1.54, 1.807) is 0 Å². The minimum atomic E-state index is -5.15. The van der Waals surface area contributed by atoms with Crippen molar-refractivity contribution in [2.24, 2.45) is 0 Å². The zero-order chi connectivity index (χ0) is 16.6. The summed E-state index contributed by atoms with van der Waals surface area (Å²) in [6.07, 6.45) is -3.64. The summed E-state index contributed by atoms with van der Waals surface area (Å²) in [6, 6.07) is 0. The third kappa shape index (κ3) is 3.23. The monoisotopic (exact) mass is 323 g/mol. The third-order valence-electron chi connectivity index (χ3n) is 3.76. The Bertz CT molecular complexity index is 484. The standard InChI is InChI=1S/C13H16F3NO5/c1-11(7-22-11)5-3-2-4-6-21-10(20)17-12(13(14,15)16)8(18)9(12)19/h2-7H2,1H3,(H,17,20). The summed E-state index contributed by atoms with van der Waals surface area (Å²) in [5.41, 5.74) is -3.45. The van der Waals surface area contributed by atoms with Crippen LogP contribution in [-0.4, -0.2) is 48.2 Å². The van der Waals surface area contributed by atoms with Crippen LogP contribution in [0.3, 0.4) is 0 Å². The van der Waals surface area contributed by atoms with E-state index in [2.05, 4.69) is 4.74 Å². The number of unbranched alkanes of at least 4 members (excludes halogenated alkanes) is 2. The quantitative estimate of drug-likeness (QED) is 0.332. The van der Waals surface area contributed by atoms with Crippen LogP contribution >= 0.6 is 0 Å². The first-order chi connectivity index (χ1) is 10.1. The number of alkyl halides is 3. The molecule has 1 atom stereocenters. The van der Waals surface area contributed by atoms with E-state index in [-0.39, 0.29) is 12.2 Å². The molecule has 2 fully saturated rings. The van der Waals surface area contributed by atoms with Crippen molar-refractivity contribution in [3.05, 3.63) is 0 Å². The number of halogens is 3. The number of carbonyl (C=O) groups excluding carboxylic acids is 3. The lowest BCUT2D eigenvalue weighted by Crippen LogP contribution is -2.51. The number of epoxide rings is 1. The highest BCUT2D eigenvalue weighted by Gasteiger charge is 2.82. The van der Waals surface area contributed by atoms with Crippen LogP contribution in [0.15, 0.2) is 0 Å². The van der Waals surface area contributed by atoms with Crippen LogP contribution in [0.5, 0.6) is 0 Å². The van der Waals surface area contributed by atoms with Gasteiger partial charge in [0.05, 0.1) is 18.8 Å². The lowest BCUT2D eigenvalue weighted by Gasteiger charge is -2.16. The fraction of sp³-hybridized carbons (Fsp3) is 0.769. The van der Waals surface area contributed by atoms with Gasteiger partial charge < -0.3 is 9.47 Å². The van der Waals surface area contributed by atoms with E-state index in [9.17, 15) is 27.6 Å². The minimum Gasteiger partial charge on any atom is -0.450 e. The number of carbonyl (C=O) groups is 3. The topological polar surface area (TPSA) is 85.0 Å². The second-order valence-corrected chi connectivity index (χ2v) is 5.72. The molecule has 1 N–H and O–H groups in total. The number of nitrogens with one attached hydrogen (secondary N) is 1. The van der Waals surface area contributed by atoms with Crippen molar-refractivity contribution in [2.45, 2.75) is 49.9 Å². The summed E-state index contributed by atoms with van der Waals surface area (Å²) in [5.74, 6) is -3.34. The second kappa shape index (κ2) is 5.53. The number of Topliss-reactive ketones (excluding diaryl/α,β-unsaturated/α-hetero) is 2. The van der Waals surface area contributed by atoms with E-state index in [0.29, 0.717) is 6.42 Å². The predicted octanol–water partition coefficient (Wildman–Crippen LogP) is 1.51. The Hall–Kier alpha value is -1.64. The first-order valence-electron chi connectivity index (χ1n) is 6.87. The Morgan fingerprint density at radius 3 is 2.32 bits per heavy atom. The highest BCUT2D eigenvalue weighted by molar-refractivity contribution is 6.67. The number of alkyl carbamates (subject to hydrolysis) is 1. The van der Waals surface area contributed by atoms with Crippen molar-refractivity contribution >= 4 is 17.7 Å². The molecule has 0 aromatic rings. The molecule has 1 amide bonds. The summed E-state index contributed by atoms with van der Waals surface area (Å²) < 4.78 is 47.7. The summed E-state index contributed by atoms with van der Waals surface area (Å²) in [6.45, 7) is 2.63. The van der Waals surface area contributed by atoms with Crippen LogP contribution in [0.2, 0.25) is 0 Å². The fourth-order valence-corrected chi connectivity index (χ4v) is 2.08. The molecule has 1 heterocycles. The zero-order valence-corrected chi connectivity index (χ0v) is 11.9. The molecule has 0 radical (unpaired) electrons. The average Bonchev–Trinajstić information content (AvgIpc) is 3.26. The van der Waals surface area contributed by atoms with Gasteiger partial charge in [-0.3, -0.25) is 14.9 Å². The first-order valence-corrected chi connectivity index (χ1v) is 6.87. The molecule has 1 aliphatic carbocycles. The smallest absolute Gasteiger partial charge is 0.427 e. The largest absolute Gasteiger partial charge is 0.450 e. The molecule has 1 saturated carbocycles. The SMILES string of the molecule is CC1(CCCCCOC(=O)NC2(C(F)(F)F)C(=O)C2=O)CO1. The fourth-order valence-electron chi connectivity index (χ4n) is 2.08. The van der Waals surface area contributed by atoms with Crippen LogP contribution in [-0.2, 0) is 19.1 Å². The molecule has 1 aliphatic heterocycles. The Morgan fingerprint density at radius 1 is 1.27 bits per heavy atom. The van der Waals surface area contributed by atoms with E-state index >= 15 is 0 Å². The van der Waals surface area contributed by atoms with E-state index in [1.165, 1.54) is 5.32 Å². The van der Waals surface area contributed by atoms with Crippen LogP contribution in [0.25, 0.3) is 0 Å². The summed E-state index contributed by atoms with van der Waals surface area (Å²) in [7, 11) is 0. The van der Waals surface area contributed by atoms with E-state index in [0.717, 1.165) is 25.9 Å². The maximum atomic E-state index is 12.6. The van der Waals surface area contributed by atoms with Gasteiger partial charge in [-0.2, -0.15) is 13.2 Å². The molecule has 9 heteroatoms. The van der Waals surface area contributed by atoms with Crippen molar-refractivity contribution < 1.29 is 37.0 Å². The van der Waals surface area contributed by atoms with Gasteiger partial charge in [-0.1, -0.05) is 6.42 Å². The van der Waals surface area contributed by atoms with Crippen LogP contribution < -0.4 is 5.32 Å². The van der Waals surface area contributed by atoms with Crippen molar-refractivity contribution in [1.29, 1.82) is 0 Å². The normalized spacial score (nSPS) is 25.8. The molecular formula is C13H16F3NO5. The van der Waals surface area contributed by atoms with Gasteiger partial charge >= 0.3 is 12.3 Å². The lowest BCUT2D eigenvalue weighted by atomic mass is 10.0. The van der Waals surface area contributed by atoms with Gasteiger partial charge in [-0.05, 0) is 26.2 Å². The number of amides is 1. The molecular weight excluding hydrogens is 307 g/mol. The van der Waals surface area contributed by atoms with Gasteiger partial charge in [0.25, 0.3) is 5.54 Å². The predicted molar refractivity (Wildman–Crippen MR) is 66.1 cm³/mol. The molecule has 124 valence electrons. The molecule has 0 aromatic heterocycles. The molecule has 0 aromatic carbocycles. The molecule has 6 nitrogen and oxygen atoms in total. The average molecular weight is 323 g/mol. The Labute approximate surface area is 124 Å². The number of ketones is 2. The van der Waals surface area contributed by atoms with Crippen molar-refractivity contribution in [1.82, 2.24) is 5.32 Å². The van der Waals surface area contributed by atoms with Crippen molar-refractivity contribution in [3.63, 3.8) is 0 Å². The van der Waals surface area contributed by atoms with Crippen LogP contribution in [0.1, 0.15) is 32.6 Å². The molecule has 22 heavy (non-hydrogen) atoms. The number of ether oxygens (including phenoxy) is 2. The Kier molecular flexibility index (Phi) is 4.20. The van der Waals surface area contributed by atoms with E-state index in [1.807, 2.05) is 6.92 Å². The second-order valence-electron chi connectivity index (χ2n) is 5.72. The maximum absolute atomic E-state index is 12.6. The molecule has 2 aliphatic rings. The van der Waals surface area contributed by atoms with Gasteiger partial charge in [0.15, 0.2) is 0 Å². The first kappa shape index (κ1) is 16.7. The third-order valence-corrected chi connectivity index (χ3v) is 3.76. The van der Waals surface area contributed by atoms with Crippen LogP contribution in [0, 0.1) is 0 Å². The highest BCUT2D eigenvalue weighted by Crippen LogP contribution is 2.42. The maximum Gasteiger partial charge on any atom is 0.427 e. The molecule has 0 bridgehead atoms. The number of hydrogen-bond acceptors (Lipinski definition) is 5. The van der Waals surface area contributed by atoms with E-state index < -0.39 is 29.4 Å². The Morgan fingerprint density at radius 2 is 1.86 bits per heavy atom. The number of hydrogen-bond donors (Lipinski definition) is 1. The lowest BCUT2D eigenvalue weighted by molar-refractivity contribution is -0.169. The minimum absolute atomic E-state index is 0.0516. The summed E-state index contributed by atoms with van der Waals surface area (Å²) in [4.78, 5) is 33.1. The van der Waals surface area contributed by atoms with E-state index in [4.69, 9.17) is 4.74 Å². The zero-order valence-electron chi connectivity index (χ0n) is 11.9. The Balaban J connectivity index is 1.65. The van der Waals surface area contributed by atoms with Gasteiger partial charge in [0.2, 0.25) is 11.6 Å². The van der Waals surface area contributed by atoms with Gasteiger partial charge in [0, 0.05) is 0 Å². The van der Waals surface area contributed by atoms with Crippen LogP contribution in [0.4, 0.5) is 18.0 Å². The molecule has 2 rings (SSSR count). The van der Waals surface area contributed by atoms with Crippen molar-refractivity contribution in [2.75, 3.05) is 13.2 Å². The van der Waals surface area contributed by atoms with Gasteiger partial charge in [-0.25, -0.2) is 4.79 Å². The summed E-state index contributed by atoms with van der Waals surface area (Å²) in [5, 5.41) is 1.33. The number of rotatable bonds is 7. The van der Waals surface area contributed by atoms with Crippen molar-refractivity contribution in [3.8, 4) is 0 Å². The van der Waals surface area contributed by atoms with Gasteiger partial charge in [-0.15, -0.1) is 0 Å². The molecule has 0 spiro atoms. The highest BCUT2D eigenvalue weighted by atomic mass is 19.4. The van der Waals surface area contributed by atoms with Gasteiger partial charge in [0.1, 0.15) is 0 Å². The molecule has 1 unspecified atom stereocenters. The summed E-state index contributed by atoms with van der Waals surface area (Å²) >= 11 is 0.